The highest BCUT2D eigenvalue weighted by molar-refractivity contribution is 5.56. The average Bonchev–Trinajstić information content (AvgIpc) is 2.91. The SMILES string of the molecule is CCOc1ccc(-c2nnc3n2CC(CO)CC3)cc1. The van der Waals surface area contributed by atoms with E-state index in [1.165, 1.54) is 0 Å². The molecule has 1 N–H and O–H groups in total. The molecule has 0 bridgehead atoms. The third-order valence-electron chi connectivity index (χ3n) is 3.73. The first-order valence-electron chi connectivity index (χ1n) is 7.08. The lowest BCUT2D eigenvalue weighted by Gasteiger charge is -2.22. The Balaban J connectivity index is 1.89. The summed E-state index contributed by atoms with van der Waals surface area (Å²) in [4.78, 5) is 0. The number of aliphatic hydroxyl groups excluding tert-OH is 1. The largest absolute Gasteiger partial charge is 0.494 e. The van der Waals surface area contributed by atoms with E-state index in [9.17, 15) is 5.11 Å². The van der Waals surface area contributed by atoms with Crippen LogP contribution in [0.1, 0.15) is 19.2 Å². The maximum atomic E-state index is 9.34. The summed E-state index contributed by atoms with van der Waals surface area (Å²) in [5.74, 6) is 3.06. The molecule has 2 heterocycles. The molecule has 1 aromatic heterocycles. The fraction of sp³-hybridized carbons (Fsp3) is 0.467. The average molecular weight is 273 g/mol. The van der Waals surface area contributed by atoms with Crippen LogP contribution in [0.5, 0.6) is 5.75 Å². The van der Waals surface area contributed by atoms with E-state index in [0.717, 1.165) is 42.3 Å². The lowest BCUT2D eigenvalue weighted by Crippen LogP contribution is -2.23. The van der Waals surface area contributed by atoms with Crippen LogP contribution in [0.4, 0.5) is 0 Å². The molecule has 1 unspecified atom stereocenters. The summed E-state index contributed by atoms with van der Waals surface area (Å²) in [7, 11) is 0. The Morgan fingerprint density at radius 1 is 1.30 bits per heavy atom. The van der Waals surface area contributed by atoms with Gasteiger partial charge in [0.2, 0.25) is 0 Å². The second-order valence-electron chi connectivity index (χ2n) is 5.10. The summed E-state index contributed by atoms with van der Waals surface area (Å²) in [5, 5.41) is 17.9. The maximum absolute atomic E-state index is 9.34. The van der Waals surface area contributed by atoms with Crippen molar-refractivity contribution in [2.45, 2.75) is 26.3 Å². The predicted octanol–water partition coefficient (Wildman–Crippen LogP) is 1.90. The molecule has 0 spiro atoms. The monoisotopic (exact) mass is 273 g/mol. The van der Waals surface area contributed by atoms with Gasteiger partial charge < -0.3 is 14.4 Å². The van der Waals surface area contributed by atoms with Crippen molar-refractivity contribution in [2.75, 3.05) is 13.2 Å². The fourth-order valence-electron chi connectivity index (χ4n) is 2.62. The van der Waals surface area contributed by atoms with E-state index in [1.807, 2.05) is 31.2 Å². The van der Waals surface area contributed by atoms with Crippen molar-refractivity contribution in [3.8, 4) is 17.1 Å². The van der Waals surface area contributed by atoms with Crippen LogP contribution in [0.15, 0.2) is 24.3 Å². The third kappa shape index (κ3) is 2.41. The highest BCUT2D eigenvalue weighted by Gasteiger charge is 2.22. The number of rotatable bonds is 4. The Kier molecular flexibility index (Phi) is 3.69. The zero-order chi connectivity index (χ0) is 13.9. The van der Waals surface area contributed by atoms with Crippen molar-refractivity contribution in [1.29, 1.82) is 0 Å². The van der Waals surface area contributed by atoms with Gasteiger partial charge in [-0.05, 0) is 37.6 Å². The second-order valence-corrected chi connectivity index (χ2v) is 5.10. The number of hydrogen-bond acceptors (Lipinski definition) is 4. The first kappa shape index (κ1) is 13.1. The Labute approximate surface area is 118 Å². The molecule has 0 saturated heterocycles. The second kappa shape index (κ2) is 5.63. The molecule has 1 aliphatic rings. The molecule has 0 amide bonds. The van der Waals surface area contributed by atoms with Gasteiger partial charge in [-0.15, -0.1) is 10.2 Å². The van der Waals surface area contributed by atoms with Gasteiger partial charge in [-0.25, -0.2) is 0 Å². The van der Waals surface area contributed by atoms with E-state index in [-0.39, 0.29) is 6.61 Å². The molecular formula is C15H19N3O2. The van der Waals surface area contributed by atoms with Crippen molar-refractivity contribution in [2.24, 2.45) is 5.92 Å². The van der Waals surface area contributed by atoms with Gasteiger partial charge in [-0.2, -0.15) is 0 Å². The fourth-order valence-corrected chi connectivity index (χ4v) is 2.62. The molecule has 20 heavy (non-hydrogen) atoms. The normalized spacial score (nSPS) is 17.8. The van der Waals surface area contributed by atoms with Gasteiger partial charge in [0.1, 0.15) is 11.6 Å². The zero-order valence-corrected chi connectivity index (χ0v) is 11.6. The number of aromatic nitrogens is 3. The van der Waals surface area contributed by atoms with Crippen LogP contribution in [0, 0.1) is 5.92 Å². The van der Waals surface area contributed by atoms with E-state index < -0.39 is 0 Å². The van der Waals surface area contributed by atoms with E-state index in [0.29, 0.717) is 12.5 Å². The van der Waals surface area contributed by atoms with E-state index in [4.69, 9.17) is 4.74 Å². The summed E-state index contributed by atoms with van der Waals surface area (Å²) in [6.07, 6.45) is 1.87. The van der Waals surface area contributed by atoms with Crippen LogP contribution in [-0.4, -0.2) is 33.1 Å². The summed E-state index contributed by atoms with van der Waals surface area (Å²) in [6.45, 7) is 3.65. The Morgan fingerprint density at radius 3 is 2.80 bits per heavy atom. The van der Waals surface area contributed by atoms with Crippen molar-refractivity contribution < 1.29 is 9.84 Å². The van der Waals surface area contributed by atoms with Crippen molar-refractivity contribution in [3.05, 3.63) is 30.1 Å². The molecule has 0 aliphatic carbocycles. The number of ether oxygens (including phenoxy) is 1. The van der Waals surface area contributed by atoms with Gasteiger partial charge >= 0.3 is 0 Å². The number of nitrogens with zero attached hydrogens (tertiary/aromatic N) is 3. The summed E-state index contributed by atoms with van der Waals surface area (Å²) >= 11 is 0. The number of benzene rings is 1. The molecule has 3 rings (SSSR count). The molecular weight excluding hydrogens is 254 g/mol. The van der Waals surface area contributed by atoms with Gasteiger partial charge in [-0.3, -0.25) is 0 Å². The summed E-state index contributed by atoms with van der Waals surface area (Å²) < 4.78 is 7.57. The van der Waals surface area contributed by atoms with Gasteiger partial charge in [-0.1, -0.05) is 0 Å². The lowest BCUT2D eigenvalue weighted by molar-refractivity contribution is 0.191. The van der Waals surface area contributed by atoms with E-state index >= 15 is 0 Å². The van der Waals surface area contributed by atoms with Crippen LogP contribution < -0.4 is 4.74 Å². The predicted molar refractivity (Wildman–Crippen MR) is 75.5 cm³/mol. The molecule has 0 fully saturated rings. The highest BCUT2D eigenvalue weighted by atomic mass is 16.5. The number of aliphatic hydroxyl groups is 1. The van der Waals surface area contributed by atoms with Gasteiger partial charge in [0, 0.05) is 31.1 Å². The van der Waals surface area contributed by atoms with Gasteiger partial charge in [0.15, 0.2) is 5.82 Å². The third-order valence-corrected chi connectivity index (χ3v) is 3.73. The molecule has 1 aromatic carbocycles. The van der Waals surface area contributed by atoms with Crippen molar-refractivity contribution >= 4 is 0 Å². The van der Waals surface area contributed by atoms with Crippen molar-refractivity contribution in [1.82, 2.24) is 14.8 Å². The number of hydrogen-bond donors (Lipinski definition) is 1. The maximum Gasteiger partial charge on any atom is 0.163 e. The molecule has 1 atom stereocenters. The van der Waals surface area contributed by atoms with E-state index in [2.05, 4.69) is 14.8 Å². The molecule has 5 heteroatoms. The minimum absolute atomic E-state index is 0.223. The van der Waals surface area contributed by atoms with Crippen LogP contribution in [0.3, 0.4) is 0 Å². The minimum Gasteiger partial charge on any atom is -0.494 e. The first-order valence-corrected chi connectivity index (χ1v) is 7.08. The Bertz CT molecular complexity index is 577. The Hall–Kier alpha value is -1.88. The quantitative estimate of drug-likeness (QED) is 0.924. The van der Waals surface area contributed by atoms with E-state index in [1.54, 1.807) is 0 Å². The molecule has 1 aliphatic heterocycles. The topological polar surface area (TPSA) is 60.2 Å². The molecule has 106 valence electrons. The smallest absolute Gasteiger partial charge is 0.163 e. The van der Waals surface area contributed by atoms with Gasteiger partial charge in [0.25, 0.3) is 0 Å². The molecule has 5 nitrogen and oxygen atoms in total. The molecule has 0 saturated carbocycles. The van der Waals surface area contributed by atoms with Crippen LogP contribution >= 0.6 is 0 Å². The van der Waals surface area contributed by atoms with Crippen LogP contribution in [0.25, 0.3) is 11.4 Å². The van der Waals surface area contributed by atoms with Gasteiger partial charge in [0.05, 0.1) is 6.61 Å². The lowest BCUT2D eigenvalue weighted by atomic mass is 10.00. The van der Waals surface area contributed by atoms with Crippen LogP contribution in [0.2, 0.25) is 0 Å². The summed E-state index contributed by atoms with van der Waals surface area (Å²) in [6, 6.07) is 7.91. The van der Waals surface area contributed by atoms with Crippen LogP contribution in [-0.2, 0) is 13.0 Å². The first-order chi connectivity index (χ1) is 9.81. The summed E-state index contributed by atoms with van der Waals surface area (Å²) in [5.41, 5.74) is 1.03. The Morgan fingerprint density at radius 2 is 2.10 bits per heavy atom. The highest BCUT2D eigenvalue weighted by Crippen LogP contribution is 2.26. The number of aryl methyl sites for hydroxylation is 1. The van der Waals surface area contributed by atoms with Crippen molar-refractivity contribution in [3.63, 3.8) is 0 Å². The molecule has 2 aromatic rings. The molecule has 0 radical (unpaired) electrons. The standard InChI is InChI=1S/C15H19N3O2/c1-2-20-13-6-4-12(5-7-13)15-17-16-14-8-3-11(10-19)9-18(14)15/h4-7,11,19H,2-3,8-10H2,1H3. The number of fused-ring (bicyclic) bond motifs is 1. The minimum atomic E-state index is 0.223. The zero-order valence-electron chi connectivity index (χ0n) is 11.6.